The van der Waals surface area contributed by atoms with Crippen LogP contribution in [0.5, 0.6) is 11.5 Å². The van der Waals surface area contributed by atoms with E-state index in [1.807, 2.05) is 19.1 Å². The fraction of sp³-hybridized carbons (Fsp3) is 0.625. The van der Waals surface area contributed by atoms with Crippen LogP contribution in [-0.2, 0) is 11.2 Å². The molecule has 5 heteroatoms. The Morgan fingerprint density at radius 3 is 2.71 bits per heavy atom. The molecule has 0 saturated carbocycles. The third kappa shape index (κ3) is 4.77. The minimum atomic E-state index is 0.0831. The van der Waals surface area contributed by atoms with Gasteiger partial charge in [0.1, 0.15) is 0 Å². The van der Waals surface area contributed by atoms with Gasteiger partial charge in [-0.15, -0.1) is 0 Å². The fourth-order valence-corrected chi connectivity index (χ4v) is 2.81. The Balaban J connectivity index is 2.06. The Hall–Kier alpha value is -0.970. The van der Waals surface area contributed by atoms with E-state index in [1.165, 1.54) is 0 Å². The highest BCUT2D eigenvalue weighted by atomic mass is 35.5. The van der Waals surface area contributed by atoms with E-state index in [1.54, 1.807) is 7.11 Å². The lowest BCUT2D eigenvalue weighted by atomic mass is 10.0. The highest BCUT2D eigenvalue weighted by Crippen LogP contribution is 2.37. The SMILES string of the molecule is COc1cc(CC(C)N)cc(Cl)c1OCC1CCOCC1. The van der Waals surface area contributed by atoms with Crippen molar-refractivity contribution in [1.82, 2.24) is 0 Å². The van der Waals surface area contributed by atoms with Gasteiger partial charge < -0.3 is 19.9 Å². The first-order valence-corrected chi connectivity index (χ1v) is 7.80. The molecule has 1 fully saturated rings. The van der Waals surface area contributed by atoms with Crippen LogP contribution in [-0.4, -0.2) is 33.0 Å². The summed E-state index contributed by atoms with van der Waals surface area (Å²) in [6.45, 7) is 4.24. The molecular formula is C16H24ClNO3. The van der Waals surface area contributed by atoms with E-state index in [0.717, 1.165) is 38.0 Å². The first-order valence-electron chi connectivity index (χ1n) is 7.42. The summed E-state index contributed by atoms with van der Waals surface area (Å²) in [5.41, 5.74) is 6.89. The van der Waals surface area contributed by atoms with Crippen molar-refractivity contribution in [2.24, 2.45) is 11.7 Å². The summed E-state index contributed by atoms with van der Waals surface area (Å²) >= 11 is 6.34. The molecule has 4 nitrogen and oxygen atoms in total. The van der Waals surface area contributed by atoms with Crippen LogP contribution in [0.25, 0.3) is 0 Å². The molecule has 1 atom stereocenters. The molecule has 0 bridgehead atoms. The van der Waals surface area contributed by atoms with E-state index in [4.69, 9.17) is 31.5 Å². The summed E-state index contributed by atoms with van der Waals surface area (Å²) in [6, 6.07) is 3.95. The summed E-state index contributed by atoms with van der Waals surface area (Å²) < 4.78 is 16.7. The van der Waals surface area contributed by atoms with E-state index >= 15 is 0 Å². The van der Waals surface area contributed by atoms with Gasteiger partial charge in [-0.25, -0.2) is 0 Å². The van der Waals surface area contributed by atoms with Gasteiger partial charge in [-0.3, -0.25) is 0 Å². The molecule has 1 aromatic carbocycles. The lowest BCUT2D eigenvalue weighted by molar-refractivity contribution is 0.0493. The Labute approximate surface area is 131 Å². The van der Waals surface area contributed by atoms with Crippen molar-refractivity contribution in [3.05, 3.63) is 22.7 Å². The summed E-state index contributed by atoms with van der Waals surface area (Å²) in [5, 5.41) is 0.581. The second kappa shape index (κ2) is 7.87. The molecule has 0 spiro atoms. The van der Waals surface area contributed by atoms with Crippen molar-refractivity contribution >= 4 is 11.6 Å². The van der Waals surface area contributed by atoms with Gasteiger partial charge in [0, 0.05) is 19.3 Å². The number of ether oxygens (including phenoxy) is 3. The fourth-order valence-electron chi connectivity index (χ4n) is 2.52. The van der Waals surface area contributed by atoms with Crippen molar-refractivity contribution in [1.29, 1.82) is 0 Å². The Morgan fingerprint density at radius 2 is 2.10 bits per heavy atom. The zero-order chi connectivity index (χ0) is 15.2. The number of halogens is 1. The monoisotopic (exact) mass is 313 g/mol. The van der Waals surface area contributed by atoms with Crippen molar-refractivity contribution in [2.75, 3.05) is 26.9 Å². The first kappa shape index (κ1) is 16.4. The van der Waals surface area contributed by atoms with E-state index in [2.05, 4.69) is 0 Å². The molecule has 2 N–H and O–H groups in total. The standard InChI is InChI=1S/C16H24ClNO3/c1-11(18)7-13-8-14(17)16(15(9-13)19-2)21-10-12-3-5-20-6-4-12/h8-9,11-12H,3-7,10,18H2,1-2H3. The number of hydrogen-bond acceptors (Lipinski definition) is 4. The quantitative estimate of drug-likeness (QED) is 0.877. The summed E-state index contributed by atoms with van der Waals surface area (Å²) in [6.07, 6.45) is 2.82. The average molecular weight is 314 g/mol. The second-order valence-electron chi connectivity index (χ2n) is 5.66. The number of rotatable bonds is 6. The van der Waals surface area contributed by atoms with Crippen molar-refractivity contribution in [3.63, 3.8) is 0 Å². The molecule has 1 aliphatic heterocycles. The molecule has 0 aliphatic carbocycles. The topological polar surface area (TPSA) is 53.7 Å². The normalized spacial score (nSPS) is 17.5. The maximum atomic E-state index is 6.34. The predicted molar refractivity (Wildman–Crippen MR) is 84.4 cm³/mol. The summed E-state index contributed by atoms with van der Waals surface area (Å²) in [4.78, 5) is 0. The Bertz CT molecular complexity index is 459. The maximum absolute atomic E-state index is 6.34. The van der Waals surface area contributed by atoms with Gasteiger partial charge in [-0.2, -0.15) is 0 Å². The van der Waals surface area contributed by atoms with Crippen LogP contribution in [0, 0.1) is 5.92 Å². The van der Waals surface area contributed by atoms with Gasteiger partial charge in [0.15, 0.2) is 11.5 Å². The molecule has 21 heavy (non-hydrogen) atoms. The van der Waals surface area contributed by atoms with Crippen LogP contribution in [0.3, 0.4) is 0 Å². The molecule has 1 saturated heterocycles. The van der Waals surface area contributed by atoms with Crippen LogP contribution in [0.2, 0.25) is 5.02 Å². The van der Waals surface area contributed by atoms with Crippen molar-refractivity contribution in [2.45, 2.75) is 32.2 Å². The molecule has 0 amide bonds. The van der Waals surface area contributed by atoms with Crippen LogP contribution in [0.15, 0.2) is 12.1 Å². The molecule has 0 radical (unpaired) electrons. The van der Waals surface area contributed by atoms with Crippen LogP contribution >= 0.6 is 11.6 Å². The molecule has 0 aromatic heterocycles. The third-order valence-corrected chi connectivity index (χ3v) is 3.93. The van der Waals surface area contributed by atoms with Crippen molar-refractivity contribution < 1.29 is 14.2 Å². The molecule has 1 unspecified atom stereocenters. The minimum Gasteiger partial charge on any atom is -0.493 e. The highest BCUT2D eigenvalue weighted by molar-refractivity contribution is 6.32. The smallest absolute Gasteiger partial charge is 0.179 e. The second-order valence-corrected chi connectivity index (χ2v) is 6.06. The summed E-state index contributed by atoms with van der Waals surface area (Å²) in [7, 11) is 1.63. The molecule has 2 rings (SSSR count). The molecule has 118 valence electrons. The maximum Gasteiger partial charge on any atom is 0.179 e. The lowest BCUT2D eigenvalue weighted by Crippen LogP contribution is -2.21. The van der Waals surface area contributed by atoms with Gasteiger partial charge >= 0.3 is 0 Å². The molecular weight excluding hydrogens is 290 g/mol. The molecule has 1 aromatic rings. The lowest BCUT2D eigenvalue weighted by Gasteiger charge is -2.23. The molecule has 1 heterocycles. The Morgan fingerprint density at radius 1 is 1.38 bits per heavy atom. The number of benzene rings is 1. The van der Waals surface area contributed by atoms with Crippen LogP contribution in [0.4, 0.5) is 0 Å². The van der Waals surface area contributed by atoms with Gasteiger partial charge in [0.2, 0.25) is 0 Å². The largest absolute Gasteiger partial charge is 0.493 e. The van der Waals surface area contributed by atoms with Gasteiger partial charge in [-0.05, 0) is 49.8 Å². The number of hydrogen-bond donors (Lipinski definition) is 1. The van der Waals surface area contributed by atoms with Gasteiger partial charge in [0.25, 0.3) is 0 Å². The number of methoxy groups -OCH3 is 1. The van der Waals surface area contributed by atoms with E-state index < -0.39 is 0 Å². The summed E-state index contributed by atoms with van der Waals surface area (Å²) in [5.74, 6) is 1.81. The Kier molecular flexibility index (Phi) is 6.15. The first-order chi connectivity index (χ1) is 10.1. The minimum absolute atomic E-state index is 0.0831. The van der Waals surface area contributed by atoms with Crippen LogP contribution < -0.4 is 15.2 Å². The predicted octanol–water partition coefficient (Wildman–Crippen LogP) is 3.04. The molecule has 1 aliphatic rings. The number of nitrogens with two attached hydrogens (primary N) is 1. The zero-order valence-corrected chi connectivity index (χ0v) is 13.5. The van der Waals surface area contributed by atoms with E-state index in [-0.39, 0.29) is 6.04 Å². The average Bonchev–Trinajstić information content (AvgIpc) is 2.46. The third-order valence-electron chi connectivity index (χ3n) is 3.65. The van der Waals surface area contributed by atoms with E-state index in [0.29, 0.717) is 29.0 Å². The van der Waals surface area contributed by atoms with E-state index in [9.17, 15) is 0 Å². The van der Waals surface area contributed by atoms with Crippen LogP contribution in [0.1, 0.15) is 25.3 Å². The van der Waals surface area contributed by atoms with Gasteiger partial charge in [-0.1, -0.05) is 11.6 Å². The highest BCUT2D eigenvalue weighted by Gasteiger charge is 2.18. The van der Waals surface area contributed by atoms with Gasteiger partial charge in [0.05, 0.1) is 18.7 Å². The van der Waals surface area contributed by atoms with Crippen molar-refractivity contribution in [3.8, 4) is 11.5 Å². The zero-order valence-electron chi connectivity index (χ0n) is 12.7.